The van der Waals surface area contributed by atoms with Gasteiger partial charge in [-0.05, 0) is 50.8 Å². The number of anilines is 1. The number of nitrogens with one attached hydrogen (secondary N) is 1. The van der Waals surface area contributed by atoms with Gasteiger partial charge in [0.2, 0.25) is 5.91 Å². The molecule has 0 saturated heterocycles. The van der Waals surface area contributed by atoms with Crippen LogP contribution in [0.5, 0.6) is 5.75 Å². The summed E-state index contributed by atoms with van der Waals surface area (Å²) in [6.45, 7) is 6.11. The Morgan fingerprint density at radius 3 is 2.48 bits per heavy atom. The molecule has 4 nitrogen and oxygen atoms in total. The molecule has 2 aromatic rings. The molecule has 1 aliphatic rings. The monoisotopic (exact) mass is 390 g/mol. The molecule has 0 aliphatic heterocycles. The van der Waals surface area contributed by atoms with Crippen molar-refractivity contribution in [3.8, 4) is 11.8 Å². The number of nitrogens with zero attached hydrogens (tertiary/aromatic N) is 1. The molecule has 2 aromatic carbocycles. The zero-order valence-corrected chi connectivity index (χ0v) is 17.6. The SMILES string of the molecule is CCC(C)Oc1ccc(NC(=O)C2(c3ccc(C)cc3)CCCCC2)c(C#N)c1. The molecule has 1 amide bonds. The second kappa shape index (κ2) is 9.13. The Hall–Kier alpha value is -2.80. The van der Waals surface area contributed by atoms with Crippen LogP contribution in [0.3, 0.4) is 0 Å². The molecule has 1 aliphatic carbocycles. The molecule has 0 bridgehead atoms. The molecule has 29 heavy (non-hydrogen) atoms. The maximum absolute atomic E-state index is 13.5. The molecule has 1 saturated carbocycles. The minimum atomic E-state index is -0.537. The second-order valence-corrected chi connectivity index (χ2v) is 8.12. The van der Waals surface area contributed by atoms with Crippen LogP contribution in [0.25, 0.3) is 0 Å². The Kier molecular flexibility index (Phi) is 6.59. The molecule has 0 spiro atoms. The minimum Gasteiger partial charge on any atom is -0.491 e. The third kappa shape index (κ3) is 4.62. The highest BCUT2D eigenvalue weighted by Crippen LogP contribution is 2.41. The number of ether oxygens (including phenoxy) is 1. The normalized spacial score (nSPS) is 16.5. The summed E-state index contributed by atoms with van der Waals surface area (Å²) in [5.74, 6) is 0.632. The average molecular weight is 391 g/mol. The summed E-state index contributed by atoms with van der Waals surface area (Å²) >= 11 is 0. The predicted octanol–water partition coefficient (Wildman–Crippen LogP) is 5.88. The maximum atomic E-state index is 13.5. The highest BCUT2D eigenvalue weighted by Gasteiger charge is 2.41. The van der Waals surface area contributed by atoms with Gasteiger partial charge in [0.15, 0.2) is 0 Å². The number of rotatable bonds is 6. The summed E-state index contributed by atoms with van der Waals surface area (Å²) in [6.07, 6.45) is 5.86. The zero-order valence-electron chi connectivity index (χ0n) is 17.6. The van der Waals surface area contributed by atoms with Gasteiger partial charge in [-0.15, -0.1) is 0 Å². The van der Waals surface area contributed by atoms with Crippen molar-refractivity contribution in [1.29, 1.82) is 5.26 Å². The first-order chi connectivity index (χ1) is 14.0. The first-order valence-corrected chi connectivity index (χ1v) is 10.6. The highest BCUT2D eigenvalue weighted by molar-refractivity contribution is 6.00. The Balaban J connectivity index is 1.88. The number of aryl methyl sites for hydroxylation is 1. The van der Waals surface area contributed by atoms with Crippen molar-refractivity contribution in [2.45, 2.75) is 70.8 Å². The van der Waals surface area contributed by atoms with Crippen LogP contribution in [0.4, 0.5) is 5.69 Å². The molecule has 0 radical (unpaired) electrons. The molecule has 0 aromatic heterocycles. The van der Waals surface area contributed by atoms with E-state index in [9.17, 15) is 10.1 Å². The minimum absolute atomic E-state index is 0.0202. The number of benzene rings is 2. The topological polar surface area (TPSA) is 62.1 Å². The van der Waals surface area contributed by atoms with Gasteiger partial charge >= 0.3 is 0 Å². The van der Waals surface area contributed by atoms with Crippen LogP contribution in [-0.2, 0) is 10.2 Å². The summed E-state index contributed by atoms with van der Waals surface area (Å²) in [5.41, 5.74) is 2.68. The quantitative estimate of drug-likeness (QED) is 0.669. The third-order valence-electron chi connectivity index (χ3n) is 6.02. The van der Waals surface area contributed by atoms with Crippen molar-refractivity contribution in [1.82, 2.24) is 0 Å². The van der Waals surface area contributed by atoms with E-state index >= 15 is 0 Å². The van der Waals surface area contributed by atoms with E-state index in [0.717, 1.165) is 44.1 Å². The van der Waals surface area contributed by atoms with Crippen molar-refractivity contribution >= 4 is 11.6 Å². The van der Waals surface area contributed by atoms with E-state index in [1.807, 2.05) is 13.0 Å². The molecule has 1 unspecified atom stereocenters. The van der Waals surface area contributed by atoms with Crippen LogP contribution < -0.4 is 10.1 Å². The highest BCUT2D eigenvalue weighted by atomic mass is 16.5. The summed E-state index contributed by atoms with van der Waals surface area (Å²) < 4.78 is 5.82. The van der Waals surface area contributed by atoms with Crippen LogP contribution in [0, 0.1) is 18.3 Å². The fourth-order valence-electron chi connectivity index (χ4n) is 4.03. The summed E-state index contributed by atoms with van der Waals surface area (Å²) in [7, 11) is 0. The Labute approximate surface area is 173 Å². The molecule has 1 atom stereocenters. The molecular weight excluding hydrogens is 360 g/mol. The fraction of sp³-hybridized carbons (Fsp3) is 0.440. The van der Waals surface area contributed by atoms with E-state index in [1.54, 1.807) is 12.1 Å². The van der Waals surface area contributed by atoms with Crippen LogP contribution in [-0.4, -0.2) is 12.0 Å². The molecule has 4 heteroatoms. The van der Waals surface area contributed by atoms with Crippen molar-refractivity contribution in [3.05, 3.63) is 59.2 Å². The summed E-state index contributed by atoms with van der Waals surface area (Å²) in [5, 5.41) is 12.7. The van der Waals surface area contributed by atoms with Gasteiger partial charge in [-0.25, -0.2) is 0 Å². The van der Waals surface area contributed by atoms with Gasteiger partial charge in [0, 0.05) is 6.07 Å². The van der Waals surface area contributed by atoms with Gasteiger partial charge < -0.3 is 10.1 Å². The van der Waals surface area contributed by atoms with Crippen LogP contribution in [0.15, 0.2) is 42.5 Å². The lowest BCUT2D eigenvalue weighted by Crippen LogP contribution is -2.42. The smallest absolute Gasteiger partial charge is 0.235 e. The van der Waals surface area contributed by atoms with E-state index in [1.165, 1.54) is 5.56 Å². The van der Waals surface area contributed by atoms with E-state index in [4.69, 9.17) is 4.74 Å². The first kappa shape index (κ1) is 20.9. The number of carbonyl (C=O) groups excluding carboxylic acids is 1. The van der Waals surface area contributed by atoms with Crippen LogP contribution >= 0.6 is 0 Å². The second-order valence-electron chi connectivity index (χ2n) is 8.12. The molecule has 3 rings (SSSR count). The maximum Gasteiger partial charge on any atom is 0.235 e. The summed E-state index contributed by atoms with van der Waals surface area (Å²) in [4.78, 5) is 13.5. The van der Waals surface area contributed by atoms with Gasteiger partial charge in [0.05, 0.1) is 22.8 Å². The molecule has 152 valence electrons. The van der Waals surface area contributed by atoms with Gasteiger partial charge in [0.1, 0.15) is 11.8 Å². The number of hydrogen-bond donors (Lipinski definition) is 1. The number of carbonyl (C=O) groups is 1. The van der Waals surface area contributed by atoms with Gasteiger partial charge in [-0.2, -0.15) is 5.26 Å². The van der Waals surface area contributed by atoms with Crippen molar-refractivity contribution in [2.75, 3.05) is 5.32 Å². The Morgan fingerprint density at radius 1 is 1.17 bits per heavy atom. The van der Waals surface area contributed by atoms with Crippen molar-refractivity contribution in [2.24, 2.45) is 0 Å². The first-order valence-electron chi connectivity index (χ1n) is 10.6. The lowest BCUT2D eigenvalue weighted by Gasteiger charge is -2.36. The third-order valence-corrected chi connectivity index (χ3v) is 6.02. The zero-order chi connectivity index (χ0) is 20.9. The standard InChI is InChI=1S/C25H30N2O2/c1-4-19(3)29-22-12-13-23(20(16-22)17-26)27-24(28)25(14-6-5-7-15-25)21-10-8-18(2)9-11-21/h8-13,16,19H,4-7,14-15H2,1-3H3,(H,27,28). The fourth-order valence-corrected chi connectivity index (χ4v) is 4.03. The summed E-state index contributed by atoms with van der Waals surface area (Å²) in [6, 6.07) is 15.8. The predicted molar refractivity (Wildman–Crippen MR) is 116 cm³/mol. The van der Waals surface area contributed by atoms with Crippen LogP contribution in [0.2, 0.25) is 0 Å². The molecular formula is C25H30N2O2. The van der Waals surface area contributed by atoms with E-state index in [0.29, 0.717) is 17.0 Å². The number of nitriles is 1. The largest absolute Gasteiger partial charge is 0.491 e. The van der Waals surface area contributed by atoms with E-state index in [2.05, 4.69) is 49.5 Å². The lowest BCUT2D eigenvalue weighted by atomic mass is 9.68. The van der Waals surface area contributed by atoms with Crippen molar-refractivity contribution in [3.63, 3.8) is 0 Å². The van der Waals surface area contributed by atoms with Crippen molar-refractivity contribution < 1.29 is 9.53 Å². The van der Waals surface area contributed by atoms with Crippen LogP contribution in [0.1, 0.15) is 69.1 Å². The lowest BCUT2D eigenvalue weighted by molar-refractivity contribution is -0.122. The number of hydrogen-bond acceptors (Lipinski definition) is 3. The molecule has 1 N–H and O–H groups in total. The van der Waals surface area contributed by atoms with Gasteiger partial charge in [-0.1, -0.05) is 56.0 Å². The molecule has 1 fully saturated rings. The van der Waals surface area contributed by atoms with Gasteiger partial charge in [-0.3, -0.25) is 4.79 Å². The van der Waals surface area contributed by atoms with E-state index in [-0.39, 0.29) is 12.0 Å². The average Bonchev–Trinajstić information content (AvgIpc) is 2.75. The number of amides is 1. The Bertz CT molecular complexity index is 890. The Morgan fingerprint density at radius 2 is 1.86 bits per heavy atom. The van der Waals surface area contributed by atoms with E-state index < -0.39 is 5.41 Å². The molecule has 0 heterocycles. The van der Waals surface area contributed by atoms with Gasteiger partial charge in [0.25, 0.3) is 0 Å².